The quantitative estimate of drug-likeness (QED) is 0.273. The third-order valence-electron chi connectivity index (χ3n) is 8.25. The molecule has 3 aliphatic carbocycles. The van der Waals surface area contributed by atoms with Crippen molar-refractivity contribution in [2.24, 2.45) is 17.8 Å². The van der Waals surface area contributed by atoms with E-state index in [-0.39, 0.29) is 63.4 Å². The maximum absolute atomic E-state index is 14.0. The Balaban J connectivity index is 1.53. The van der Waals surface area contributed by atoms with Gasteiger partial charge in [0.25, 0.3) is 0 Å². The van der Waals surface area contributed by atoms with Gasteiger partial charge < -0.3 is 14.6 Å². The van der Waals surface area contributed by atoms with Gasteiger partial charge in [-0.05, 0) is 59.0 Å². The first kappa shape index (κ1) is 26.7. The third-order valence-corrected chi connectivity index (χ3v) is 9.37. The van der Waals surface area contributed by atoms with Crippen LogP contribution in [0.15, 0.2) is 74.2 Å². The monoisotopic (exact) mass is 667 g/mol. The lowest BCUT2D eigenvalue weighted by Crippen LogP contribution is -2.39. The number of hydrogen-bond donors (Lipinski definition) is 1. The zero-order valence-corrected chi connectivity index (χ0v) is 24.6. The Morgan fingerprint density at radius 2 is 1.68 bits per heavy atom. The summed E-state index contributed by atoms with van der Waals surface area (Å²) in [6.45, 7) is 0. The van der Waals surface area contributed by atoms with Gasteiger partial charge in [-0.25, -0.2) is 0 Å². The molecule has 1 saturated heterocycles. The van der Waals surface area contributed by atoms with Gasteiger partial charge in [0.05, 0.1) is 36.2 Å². The minimum absolute atomic E-state index is 0.124. The largest absolute Gasteiger partial charge is 0.507 e. The van der Waals surface area contributed by atoms with E-state index >= 15 is 0 Å². The van der Waals surface area contributed by atoms with E-state index in [0.717, 1.165) is 4.47 Å². The number of Topliss-reactive ketones (excluding diaryl/α,β-unsaturated/α-hetero) is 1. The van der Waals surface area contributed by atoms with E-state index in [9.17, 15) is 24.3 Å². The fraction of sp³-hybridized carbons (Fsp3) is 0.267. The van der Waals surface area contributed by atoms with Crippen molar-refractivity contribution in [3.8, 4) is 17.2 Å². The first-order valence-electron chi connectivity index (χ1n) is 12.6. The number of methoxy groups -OCH3 is 2. The van der Waals surface area contributed by atoms with E-state index in [4.69, 9.17) is 9.47 Å². The first-order chi connectivity index (χ1) is 19.2. The molecule has 10 heteroatoms. The number of imide groups is 1. The average molecular weight is 669 g/mol. The van der Waals surface area contributed by atoms with Gasteiger partial charge in [0, 0.05) is 45.3 Å². The van der Waals surface area contributed by atoms with E-state index < -0.39 is 23.7 Å². The standard InChI is InChI=1S/C30H23Br2NO7/c1-39-15-9-21(34)27(23(10-15)40-2)26-16-7-8-17-24(18(16)11-19-25(26)22(35)12-20(32)28(19)36)30(38)33(29(17)37)14-5-3-13(31)4-6-14/h3-7,9-10,12,17-18,24,26,34H,8,11H2,1-2H3/t17-,18+,24-,26-/m0/s1. The molecule has 4 aliphatic rings. The number of aromatic hydroxyl groups is 1. The molecule has 1 heterocycles. The van der Waals surface area contributed by atoms with Crippen LogP contribution in [0.4, 0.5) is 5.69 Å². The van der Waals surface area contributed by atoms with E-state index in [1.165, 1.54) is 31.3 Å². The number of carbonyl (C=O) groups excluding carboxylic acids is 4. The highest BCUT2D eigenvalue weighted by atomic mass is 79.9. The van der Waals surface area contributed by atoms with Crippen LogP contribution in [0.1, 0.15) is 24.3 Å². The zero-order valence-electron chi connectivity index (χ0n) is 21.4. The van der Waals surface area contributed by atoms with Gasteiger partial charge in [-0.3, -0.25) is 24.1 Å². The lowest BCUT2D eigenvalue weighted by molar-refractivity contribution is -0.123. The molecule has 1 N–H and O–H groups in total. The molecule has 1 fully saturated rings. The number of hydrogen-bond acceptors (Lipinski definition) is 7. The molecule has 4 atom stereocenters. The molecule has 2 aromatic rings. The normalized spacial score (nSPS) is 25.8. The Kier molecular flexibility index (Phi) is 6.58. The maximum Gasteiger partial charge on any atom is 0.238 e. The zero-order chi connectivity index (χ0) is 28.5. The van der Waals surface area contributed by atoms with Crippen molar-refractivity contribution in [3.05, 3.63) is 79.8 Å². The van der Waals surface area contributed by atoms with Crippen molar-refractivity contribution >= 4 is 60.9 Å². The summed E-state index contributed by atoms with van der Waals surface area (Å²) in [6.07, 6.45) is 3.55. The topological polar surface area (TPSA) is 110 Å². The predicted molar refractivity (Wildman–Crippen MR) is 152 cm³/mol. The lowest BCUT2D eigenvalue weighted by atomic mass is 9.59. The molecule has 0 unspecified atom stereocenters. The van der Waals surface area contributed by atoms with E-state index in [1.807, 2.05) is 6.08 Å². The molecule has 6 rings (SSSR count). The number of benzene rings is 2. The van der Waals surface area contributed by atoms with Gasteiger partial charge >= 0.3 is 0 Å². The van der Waals surface area contributed by atoms with Crippen LogP contribution in [-0.2, 0) is 19.2 Å². The van der Waals surface area contributed by atoms with Crippen molar-refractivity contribution in [1.29, 1.82) is 0 Å². The highest BCUT2D eigenvalue weighted by Gasteiger charge is 2.57. The Morgan fingerprint density at radius 1 is 0.950 bits per heavy atom. The molecule has 204 valence electrons. The molecule has 0 bridgehead atoms. The maximum atomic E-state index is 14.0. The van der Waals surface area contributed by atoms with Crippen molar-refractivity contribution in [3.63, 3.8) is 0 Å². The number of phenolic OH excluding ortho intramolecular Hbond substituents is 1. The second-order valence-corrected chi connectivity index (χ2v) is 11.9. The average Bonchev–Trinajstić information content (AvgIpc) is 3.20. The summed E-state index contributed by atoms with van der Waals surface area (Å²) in [5.74, 6) is -3.62. The Hall–Kier alpha value is -3.50. The summed E-state index contributed by atoms with van der Waals surface area (Å²) in [4.78, 5) is 55.7. The van der Waals surface area contributed by atoms with Gasteiger partial charge in [-0.15, -0.1) is 0 Å². The molecule has 1 aliphatic heterocycles. The fourth-order valence-electron chi connectivity index (χ4n) is 6.55. The number of allylic oxidation sites excluding steroid dienone is 6. The summed E-state index contributed by atoms with van der Waals surface area (Å²) in [5, 5.41) is 11.2. The Bertz CT molecular complexity index is 1600. The van der Waals surface area contributed by atoms with Crippen LogP contribution in [0.25, 0.3) is 0 Å². The molecule has 2 aromatic carbocycles. The highest BCUT2D eigenvalue weighted by molar-refractivity contribution is 9.12. The second kappa shape index (κ2) is 9.85. The Morgan fingerprint density at radius 3 is 2.35 bits per heavy atom. The molecule has 40 heavy (non-hydrogen) atoms. The number of halogens is 2. The number of amides is 2. The fourth-order valence-corrected chi connectivity index (χ4v) is 7.26. The van der Waals surface area contributed by atoms with Crippen LogP contribution in [0.3, 0.4) is 0 Å². The molecular formula is C30H23Br2NO7. The second-order valence-electron chi connectivity index (χ2n) is 10.1. The van der Waals surface area contributed by atoms with E-state index in [0.29, 0.717) is 22.6 Å². The highest BCUT2D eigenvalue weighted by Crippen LogP contribution is 2.58. The van der Waals surface area contributed by atoms with Crippen molar-refractivity contribution in [2.45, 2.75) is 18.8 Å². The number of phenols is 1. The number of carbonyl (C=O) groups is 4. The molecule has 0 saturated carbocycles. The van der Waals surface area contributed by atoms with Crippen molar-refractivity contribution < 1.29 is 33.8 Å². The minimum Gasteiger partial charge on any atom is -0.507 e. The summed E-state index contributed by atoms with van der Waals surface area (Å²) < 4.78 is 11.9. The van der Waals surface area contributed by atoms with Crippen molar-refractivity contribution in [1.82, 2.24) is 0 Å². The third kappa shape index (κ3) is 3.91. The van der Waals surface area contributed by atoms with Gasteiger partial charge in [-0.1, -0.05) is 27.6 Å². The minimum atomic E-state index is -0.853. The molecule has 0 aromatic heterocycles. The van der Waals surface area contributed by atoms with Crippen LogP contribution in [0.2, 0.25) is 0 Å². The van der Waals surface area contributed by atoms with E-state index in [1.54, 1.807) is 30.3 Å². The summed E-state index contributed by atoms with van der Waals surface area (Å²) in [6, 6.07) is 9.98. The lowest BCUT2D eigenvalue weighted by Gasteiger charge is -2.42. The summed E-state index contributed by atoms with van der Waals surface area (Å²) in [5.41, 5.74) is 2.01. The predicted octanol–water partition coefficient (Wildman–Crippen LogP) is 5.14. The van der Waals surface area contributed by atoms with Crippen LogP contribution < -0.4 is 14.4 Å². The van der Waals surface area contributed by atoms with Gasteiger partial charge in [0.15, 0.2) is 11.6 Å². The number of anilines is 1. The van der Waals surface area contributed by atoms with Gasteiger partial charge in [0.2, 0.25) is 11.8 Å². The molecule has 8 nitrogen and oxygen atoms in total. The number of rotatable bonds is 4. The number of ether oxygens (including phenoxy) is 2. The van der Waals surface area contributed by atoms with Crippen LogP contribution in [-0.4, -0.2) is 42.7 Å². The molecular weight excluding hydrogens is 646 g/mol. The number of nitrogens with zero attached hydrogens (tertiary/aromatic N) is 1. The van der Waals surface area contributed by atoms with Crippen LogP contribution in [0, 0.1) is 17.8 Å². The molecule has 2 amide bonds. The van der Waals surface area contributed by atoms with Gasteiger partial charge in [0.1, 0.15) is 17.2 Å². The van der Waals surface area contributed by atoms with Crippen LogP contribution >= 0.6 is 31.9 Å². The smallest absolute Gasteiger partial charge is 0.238 e. The van der Waals surface area contributed by atoms with Crippen LogP contribution in [0.5, 0.6) is 17.2 Å². The van der Waals surface area contributed by atoms with Crippen molar-refractivity contribution in [2.75, 3.05) is 19.1 Å². The number of ketones is 2. The first-order valence-corrected chi connectivity index (χ1v) is 14.2. The SMILES string of the molecule is COc1cc(O)c([C@H]2C3=CC[C@@H]4C(=O)N(c5ccc(Br)cc5)C(=O)[C@@H]4[C@@H]3CC3=C2C(=O)C=C(Br)C3=O)c(OC)c1. The summed E-state index contributed by atoms with van der Waals surface area (Å²) in [7, 11) is 2.90. The number of fused-ring (bicyclic) bond motifs is 3. The summed E-state index contributed by atoms with van der Waals surface area (Å²) >= 11 is 6.61. The molecule has 0 radical (unpaired) electrons. The molecule has 0 spiro atoms. The Labute approximate surface area is 246 Å². The van der Waals surface area contributed by atoms with E-state index in [2.05, 4.69) is 31.9 Å². The van der Waals surface area contributed by atoms with Gasteiger partial charge in [-0.2, -0.15) is 0 Å².